The van der Waals surface area contributed by atoms with Gasteiger partial charge in [0.25, 0.3) is 5.91 Å². The highest BCUT2D eigenvalue weighted by Crippen LogP contribution is 2.33. The summed E-state index contributed by atoms with van der Waals surface area (Å²) < 4.78 is 11.2. The van der Waals surface area contributed by atoms with E-state index < -0.39 is 0 Å². The van der Waals surface area contributed by atoms with Crippen LogP contribution < -0.4 is 20.1 Å². The van der Waals surface area contributed by atoms with Crippen LogP contribution in [0.2, 0.25) is 0 Å². The maximum Gasteiger partial charge on any atom is 0.253 e. The van der Waals surface area contributed by atoms with Crippen LogP contribution in [-0.4, -0.2) is 30.1 Å². The van der Waals surface area contributed by atoms with Crippen molar-refractivity contribution in [3.8, 4) is 11.5 Å². The molecule has 0 spiro atoms. The summed E-state index contributed by atoms with van der Waals surface area (Å²) in [5.41, 5.74) is 2.20. The number of pyridine rings is 1. The maximum absolute atomic E-state index is 12.6. The van der Waals surface area contributed by atoms with Crippen LogP contribution in [0.3, 0.4) is 0 Å². The van der Waals surface area contributed by atoms with Crippen molar-refractivity contribution in [2.24, 2.45) is 0 Å². The molecule has 2 N–H and O–H groups in total. The Hall–Kier alpha value is -2.76. The maximum atomic E-state index is 12.6. The highest BCUT2D eigenvalue weighted by molar-refractivity contribution is 5.95. The van der Waals surface area contributed by atoms with Crippen LogP contribution in [0, 0.1) is 0 Å². The lowest BCUT2D eigenvalue weighted by atomic mass is 10.1. The van der Waals surface area contributed by atoms with E-state index in [9.17, 15) is 4.79 Å². The predicted octanol–water partition coefficient (Wildman–Crippen LogP) is 4.05. The Labute approximate surface area is 159 Å². The molecule has 0 unspecified atom stereocenters. The van der Waals surface area contributed by atoms with E-state index >= 15 is 0 Å². The minimum absolute atomic E-state index is 0.0553. The van der Waals surface area contributed by atoms with Crippen LogP contribution in [0.5, 0.6) is 11.5 Å². The minimum atomic E-state index is -0.0553. The first-order valence-electron chi connectivity index (χ1n) is 9.70. The van der Waals surface area contributed by atoms with E-state index in [4.69, 9.17) is 9.47 Å². The lowest BCUT2D eigenvalue weighted by Gasteiger charge is -2.19. The van der Waals surface area contributed by atoms with Crippen molar-refractivity contribution in [2.75, 3.05) is 18.5 Å². The largest absolute Gasteiger partial charge is 0.486 e. The molecule has 1 aromatic carbocycles. The highest BCUT2D eigenvalue weighted by Gasteiger charge is 2.16. The Morgan fingerprint density at radius 3 is 2.52 bits per heavy atom. The molecule has 0 atom stereocenters. The first-order chi connectivity index (χ1) is 13.3. The average molecular weight is 367 g/mol. The quantitative estimate of drug-likeness (QED) is 0.798. The zero-order valence-electron chi connectivity index (χ0n) is 15.4. The van der Waals surface area contributed by atoms with Gasteiger partial charge in [0.2, 0.25) is 0 Å². The molecule has 0 saturated heterocycles. The third-order valence-corrected chi connectivity index (χ3v) is 5.02. The summed E-state index contributed by atoms with van der Waals surface area (Å²) >= 11 is 0. The Kier molecular flexibility index (Phi) is 5.42. The number of nitrogens with zero attached hydrogens (tertiary/aromatic N) is 1. The van der Waals surface area contributed by atoms with Crippen molar-refractivity contribution < 1.29 is 14.3 Å². The predicted molar refractivity (Wildman–Crippen MR) is 104 cm³/mol. The van der Waals surface area contributed by atoms with Gasteiger partial charge in [-0.1, -0.05) is 25.7 Å². The van der Waals surface area contributed by atoms with E-state index in [2.05, 4.69) is 15.6 Å². The van der Waals surface area contributed by atoms with Crippen molar-refractivity contribution >= 4 is 17.3 Å². The summed E-state index contributed by atoms with van der Waals surface area (Å²) in [7, 11) is 0. The van der Waals surface area contributed by atoms with Gasteiger partial charge in [-0.05, 0) is 31.0 Å². The van der Waals surface area contributed by atoms with Crippen molar-refractivity contribution in [3.63, 3.8) is 0 Å². The number of aromatic nitrogens is 1. The molecular formula is C21H25N3O3. The van der Waals surface area contributed by atoms with Gasteiger partial charge >= 0.3 is 0 Å². The lowest BCUT2D eigenvalue weighted by molar-refractivity contribution is 0.0933. The van der Waals surface area contributed by atoms with Crippen molar-refractivity contribution in [2.45, 2.75) is 44.6 Å². The molecule has 6 nitrogen and oxygen atoms in total. The number of anilines is 2. The van der Waals surface area contributed by atoms with Crippen LogP contribution in [-0.2, 0) is 0 Å². The first-order valence-corrected chi connectivity index (χ1v) is 9.70. The van der Waals surface area contributed by atoms with Gasteiger partial charge < -0.3 is 20.1 Å². The van der Waals surface area contributed by atoms with Gasteiger partial charge in [-0.25, -0.2) is 0 Å². The summed E-state index contributed by atoms with van der Waals surface area (Å²) in [4.78, 5) is 16.8. The molecule has 1 saturated carbocycles. The minimum Gasteiger partial charge on any atom is -0.486 e. The topological polar surface area (TPSA) is 72.5 Å². The Bertz CT molecular complexity index is 801. The Morgan fingerprint density at radius 1 is 0.926 bits per heavy atom. The fourth-order valence-corrected chi connectivity index (χ4v) is 3.61. The summed E-state index contributed by atoms with van der Waals surface area (Å²) in [5, 5.41) is 6.45. The van der Waals surface area contributed by atoms with Gasteiger partial charge in [0.1, 0.15) is 13.2 Å². The van der Waals surface area contributed by atoms with Crippen LogP contribution >= 0.6 is 0 Å². The molecule has 2 aliphatic rings. The number of hydrogen-bond acceptors (Lipinski definition) is 5. The van der Waals surface area contributed by atoms with Crippen LogP contribution in [0.25, 0.3) is 0 Å². The summed E-state index contributed by atoms with van der Waals surface area (Å²) in [6.07, 6.45) is 10.4. The van der Waals surface area contributed by atoms with Crippen molar-refractivity contribution in [3.05, 3.63) is 42.2 Å². The number of nitrogens with one attached hydrogen (secondary N) is 2. The second-order valence-corrected chi connectivity index (χ2v) is 7.11. The smallest absolute Gasteiger partial charge is 0.253 e. The van der Waals surface area contributed by atoms with Crippen molar-refractivity contribution in [1.29, 1.82) is 0 Å². The zero-order chi connectivity index (χ0) is 18.5. The van der Waals surface area contributed by atoms with Crippen LogP contribution in [0.15, 0.2) is 36.7 Å². The van der Waals surface area contributed by atoms with Crippen LogP contribution in [0.4, 0.5) is 11.4 Å². The molecule has 4 rings (SSSR count). The molecule has 0 radical (unpaired) electrons. The van der Waals surface area contributed by atoms with E-state index in [0.29, 0.717) is 18.8 Å². The third-order valence-electron chi connectivity index (χ3n) is 5.02. The molecular weight excluding hydrogens is 342 g/mol. The fraction of sp³-hybridized carbons (Fsp3) is 0.429. The van der Waals surface area contributed by atoms with Gasteiger partial charge in [0, 0.05) is 24.0 Å². The van der Waals surface area contributed by atoms with Gasteiger partial charge in [-0.2, -0.15) is 0 Å². The summed E-state index contributed by atoms with van der Waals surface area (Å²) in [6.45, 7) is 1.12. The molecule has 1 aliphatic carbocycles. The number of hydrogen-bond donors (Lipinski definition) is 2. The Morgan fingerprint density at radius 2 is 1.70 bits per heavy atom. The van der Waals surface area contributed by atoms with Crippen molar-refractivity contribution in [1.82, 2.24) is 10.3 Å². The van der Waals surface area contributed by atoms with Gasteiger partial charge in [-0.3, -0.25) is 9.78 Å². The highest BCUT2D eigenvalue weighted by atomic mass is 16.6. The number of carbonyl (C=O) groups is 1. The molecule has 1 aliphatic heterocycles. The number of fused-ring (bicyclic) bond motifs is 1. The van der Waals surface area contributed by atoms with E-state index in [-0.39, 0.29) is 11.9 Å². The van der Waals surface area contributed by atoms with E-state index in [1.165, 1.54) is 25.7 Å². The molecule has 0 bridgehead atoms. The third kappa shape index (κ3) is 4.51. The van der Waals surface area contributed by atoms with E-state index in [1.807, 2.05) is 24.3 Å². The average Bonchev–Trinajstić information content (AvgIpc) is 2.97. The number of carbonyl (C=O) groups excluding carboxylic acids is 1. The number of rotatable bonds is 4. The molecule has 2 aromatic rings. The van der Waals surface area contributed by atoms with E-state index in [1.54, 1.807) is 12.4 Å². The molecule has 27 heavy (non-hydrogen) atoms. The molecule has 2 heterocycles. The molecule has 1 fully saturated rings. The second-order valence-electron chi connectivity index (χ2n) is 7.11. The molecule has 1 aromatic heterocycles. The van der Waals surface area contributed by atoms with E-state index in [0.717, 1.165) is 35.7 Å². The molecule has 1 amide bonds. The van der Waals surface area contributed by atoms with Gasteiger partial charge in [0.15, 0.2) is 11.5 Å². The zero-order valence-corrected chi connectivity index (χ0v) is 15.4. The first kappa shape index (κ1) is 17.6. The van der Waals surface area contributed by atoms with Gasteiger partial charge in [-0.15, -0.1) is 0 Å². The Balaban J connectivity index is 1.43. The number of amides is 1. The standard InChI is InChI=1S/C21H25N3O3/c25-21(24-16-5-3-1-2-4-6-16)15-11-18(14-22-13-15)23-17-7-8-19-20(12-17)27-10-9-26-19/h7-8,11-14,16,23H,1-6,9-10H2,(H,24,25). The fourth-order valence-electron chi connectivity index (χ4n) is 3.61. The van der Waals surface area contributed by atoms with Gasteiger partial charge in [0.05, 0.1) is 17.4 Å². The molecule has 6 heteroatoms. The SMILES string of the molecule is O=C(NC1CCCCCC1)c1cncc(Nc2ccc3c(c2)OCCO3)c1. The summed E-state index contributed by atoms with van der Waals surface area (Å²) in [5.74, 6) is 1.42. The number of ether oxygens (including phenoxy) is 2. The number of benzene rings is 1. The normalized spacial score (nSPS) is 17.0. The molecule has 142 valence electrons. The lowest BCUT2D eigenvalue weighted by Crippen LogP contribution is -2.34. The second kappa shape index (κ2) is 8.29. The van der Waals surface area contributed by atoms with Crippen LogP contribution in [0.1, 0.15) is 48.9 Å². The monoisotopic (exact) mass is 367 g/mol. The summed E-state index contributed by atoms with van der Waals surface area (Å²) in [6, 6.07) is 7.80.